The molecule has 0 bridgehead atoms. The Labute approximate surface area is 76.6 Å². The topological polar surface area (TPSA) is 98.0 Å². The van der Waals surface area contributed by atoms with E-state index in [2.05, 4.69) is 0 Å². The maximum absolute atomic E-state index is 10.2. The van der Waals surface area contributed by atoms with Gasteiger partial charge in [-0.15, -0.1) is 0 Å². The summed E-state index contributed by atoms with van der Waals surface area (Å²) < 4.78 is 0. The minimum absolute atomic E-state index is 0.0122. The minimum Gasteiger partial charge on any atom is -0.481 e. The predicted molar refractivity (Wildman–Crippen MR) is 45.2 cm³/mol. The first-order valence-electron chi connectivity index (χ1n) is 4.14. The Bertz CT molecular complexity index is 144. The molecule has 0 aromatic rings. The molecule has 0 aromatic carbocycles. The fraction of sp³-hybridized carbons (Fsp3) is 0.875. The molecule has 0 radical (unpaired) electrons. The minimum atomic E-state index is -0.935. The molecule has 0 unspecified atom stereocenters. The monoisotopic (exact) mass is 192 g/mol. The van der Waals surface area contributed by atoms with Crippen molar-refractivity contribution >= 4 is 5.97 Å². The van der Waals surface area contributed by atoms with Gasteiger partial charge in [-0.3, -0.25) is 4.79 Å². The second-order valence-corrected chi connectivity index (χ2v) is 3.22. The van der Waals surface area contributed by atoms with Gasteiger partial charge in [0, 0.05) is 11.8 Å². The molecule has 0 aliphatic carbocycles. The van der Waals surface area contributed by atoms with Crippen LogP contribution < -0.4 is 0 Å². The maximum atomic E-state index is 10.2. The van der Waals surface area contributed by atoms with Crippen LogP contribution in [-0.4, -0.2) is 46.2 Å². The first-order chi connectivity index (χ1) is 6.10. The summed E-state index contributed by atoms with van der Waals surface area (Å²) in [5, 5.41) is 35.0. The van der Waals surface area contributed by atoms with Crippen molar-refractivity contribution < 1.29 is 25.2 Å². The molecule has 0 saturated heterocycles. The lowest BCUT2D eigenvalue weighted by molar-refractivity contribution is -0.137. The molecular weight excluding hydrogens is 176 g/mol. The smallest absolute Gasteiger partial charge is 0.303 e. The van der Waals surface area contributed by atoms with E-state index in [-0.39, 0.29) is 26.2 Å². The van der Waals surface area contributed by atoms with E-state index in [9.17, 15) is 4.79 Å². The van der Waals surface area contributed by atoms with E-state index >= 15 is 0 Å². The van der Waals surface area contributed by atoms with E-state index < -0.39 is 11.4 Å². The van der Waals surface area contributed by atoms with Crippen molar-refractivity contribution in [3.63, 3.8) is 0 Å². The van der Waals surface area contributed by atoms with Gasteiger partial charge in [0.25, 0.3) is 0 Å². The van der Waals surface area contributed by atoms with Crippen molar-refractivity contribution in [1.82, 2.24) is 0 Å². The van der Waals surface area contributed by atoms with Gasteiger partial charge in [-0.1, -0.05) is 0 Å². The number of hydrogen-bond donors (Lipinski definition) is 4. The third kappa shape index (κ3) is 4.21. The number of carboxylic acid groups (broad SMARTS) is 1. The van der Waals surface area contributed by atoms with Crippen LogP contribution in [0.15, 0.2) is 0 Å². The standard InChI is InChI=1S/C8H16O5/c9-4-8(5-10,6-11)3-1-2-7(12)13/h9-11H,1-6H2,(H,12,13). The Balaban J connectivity index is 3.88. The molecule has 0 aromatic heterocycles. The highest BCUT2D eigenvalue weighted by Crippen LogP contribution is 2.22. The lowest BCUT2D eigenvalue weighted by atomic mass is 9.85. The molecule has 0 aliphatic heterocycles. The first kappa shape index (κ1) is 12.3. The summed E-state index contributed by atoms with van der Waals surface area (Å²) in [7, 11) is 0. The summed E-state index contributed by atoms with van der Waals surface area (Å²) in [5.74, 6) is -0.914. The van der Waals surface area contributed by atoms with Crippen LogP contribution in [0, 0.1) is 5.41 Å². The number of aliphatic hydroxyl groups is 3. The quantitative estimate of drug-likeness (QED) is 0.423. The third-order valence-electron chi connectivity index (χ3n) is 2.10. The van der Waals surface area contributed by atoms with E-state index in [1.54, 1.807) is 0 Å². The molecule has 5 nitrogen and oxygen atoms in total. The van der Waals surface area contributed by atoms with Crippen molar-refractivity contribution in [3.05, 3.63) is 0 Å². The van der Waals surface area contributed by atoms with Crippen LogP contribution in [0.1, 0.15) is 19.3 Å². The lowest BCUT2D eigenvalue weighted by Crippen LogP contribution is -2.33. The molecule has 0 rings (SSSR count). The van der Waals surface area contributed by atoms with Gasteiger partial charge in [0.2, 0.25) is 0 Å². The van der Waals surface area contributed by atoms with Crippen molar-refractivity contribution in [1.29, 1.82) is 0 Å². The molecule has 0 aliphatic rings. The largest absolute Gasteiger partial charge is 0.481 e. The summed E-state index contributed by atoms with van der Waals surface area (Å²) in [4.78, 5) is 10.2. The lowest BCUT2D eigenvalue weighted by Gasteiger charge is -2.26. The third-order valence-corrected chi connectivity index (χ3v) is 2.10. The molecule has 0 heterocycles. The summed E-state index contributed by atoms with van der Waals surface area (Å²) in [6, 6.07) is 0. The predicted octanol–water partition coefficient (Wildman–Crippen LogP) is -0.795. The van der Waals surface area contributed by atoms with E-state index in [4.69, 9.17) is 20.4 Å². The van der Waals surface area contributed by atoms with Gasteiger partial charge in [0.05, 0.1) is 19.8 Å². The van der Waals surface area contributed by atoms with E-state index in [1.807, 2.05) is 0 Å². The molecule has 13 heavy (non-hydrogen) atoms. The summed E-state index contributed by atoms with van der Waals surface area (Å²) in [5.41, 5.74) is -0.935. The molecule has 5 heteroatoms. The van der Waals surface area contributed by atoms with Crippen LogP contribution >= 0.6 is 0 Å². The normalized spacial score (nSPS) is 11.6. The highest BCUT2D eigenvalue weighted by atomic mass is 16.4. The highest BCUT2D eigenvalue weighted by molar-refractivity contribution is 5.66. The molecule has 4 N–H and O–H groups in total. The number of hydrogen-bond acceptors (Lipinski definition) is 4. The average molecular weight is 192 g/mol. The van der Waals surface area contributed by atoms with Crippen molar-refractivity contribution in [3.8, 4) is 0 Å². The molecule has 0 spiro atoms. The van der Waals surface area contributed by atoms with Gasteiger partial charge in [-0.2, -0.15) is 0 Å². The van der Waals surface area contributed by atoms with Crippen LogP contribution in [0.4, 0.5) is 0 Å². The zero-order valence-electron chi connectivity index (χ0n) is 7.44. The van der Waals surface area contributed by atoms with Crippen LogP contribution in [0.25, 0.3) is 0 Å². The zero-order valence-corrected chi connectivity index (χ0v) is 7.44. The van der Waals surface area contributed by atoms with Gasteiger partial charge in [-0.05, 0) is 12.8 Å². The first-order valence-corrected chi connectivity index (χ1v) is 4.14. The van der Waals surface area contributed by atoms with E-state index in [1.165, 1.54) is 0 Å². The Kier molecular flexibility index (Phi) is 5.61. The number of rotatable bonds is 7. The maximum Gasteiger partial charge on any atom is 0.303 e. The summed E-state index contributed by atoms with van der Waals surface area (Å²) in [6.45, 7) is -1.00. The molecule has 0 amide bonds. The molecule has 78 valence electrons. The highest BCUT2D eigenvalue weighted by Gasteiger charge is 2.27. The second kappa shape index (κ2) is 5.90. The summed E-state index contributed by atoms with van der Waals surface area (Å²) >= 11 is 0. The molecule has 0 fully saturated rings. The Morgan fingerprint density at radius 1 is 1.08 bits per heavy atom. The van der Waals surface area contributed by atoms with Gasteiger partial charge in [0.1, 0.15) is 0 Å². The average Bonchev–Trinajstić information content (AvgIpc) is 2.13. The Morgan fingerprint density at radius 2 is 1.54 bits per heavy atom. The van der Waals surface area contributed by atoms with Crippen molar-refractivity contribution in [2.75, 3.05) is 19.8 Å². The van der Waals surface area contributed by atoms with Gasteiger partial charge in [0.15, 0.2) is 0 Å². The van der Waals surface area contributed by atoms with Gasteiger partial charge >= 0.3 is 5.97 Å². The zero-order chi connectivity index (χ0) is 10.3. The fourth-order valence-corrected chi connectivity index (χ4v) is 1.00. The molecule has 0 saturated carbocycles. The fourth-order valence-electron chi connectivity index (χ4n) is 1.00. The van der Waals surface area contributed by atoms with Crippen LogP contribution in [0.5, 0.6) is 0 Å². The Morgan fingerprint density at radius 3 is 1.85 bits per heavy atom. The number of carboxylic acids is 1. The SMILES string of the molecule is O=C(O)CCCC(CO)(CO)CO. The van der Waals surface area contributed by atoms with E-state index in [0.717, 1.165) is 0 Å². The van der Waals surface area contributed by atoms with Crippen LogP contribution in [-0.2, 0) is 4.79 Å². The van der Waals surface area contributed by atoms with Crippen molar-refractivity contribution in [2.45, 2.75) is 19.3 Å². The summed E-state index contributed by atoms with van der Waals surface area (Å²) in [6.07, 6.45) is 0.640. The number of carbonyl (C=O) groups is 1. The van der Waals surface area contributed by atoms with E-state index in [0.29, 0.717) is 12.8 Å². The van der Waals surface area contributed by atoms with Gasteiger partial charge < -0.3 is 20.4 Å². The number of aliphatic hydroxyl groups excluding tert-OH is 3. The Hall–Kier alpha value is -0.650. The van der Waals surface area contributed by atoms with Crippen LogP contribution in [0.2, 0.25) is 0 Å². The van der Waals surface area contributed by atoms with Crippen LogP contribution in [0.3, 0.4) is 0 Å². The molecular formula is C8H16O5. The molecule has 0 atom stereocenters. The number of aliphatic carboxylic acids is 1. The second-order valence-electron chi connectivity index (χ2n) is 3.22. The van der Waals surface area contributed by atoms with Crippen molar-refractivity contribution in [2.24, 2.45) is 5.41 Å². The van der Waals surface area contributed by atoms with Gasteiger partial charge in [-0.25, -0.2) is 0 Å².